The van der Waals surface area contributed by atoms with Crippen molar-refractivity contribution >= 4 is 53.0 Å². The molecule has 0 spiro atoms. The van der Waals surface area contributed by atoms with Gasteiger partial charge in [0.05, 0.1) is 10.2 Å². The summed E-state index contributed by atoms with van der Waals surface area (Å²) >= 11 is 1.88. The Labute approximate surface area is 62.9 Å². The van der Waals surface area contributed by atoms with Crippen LogP contribution in [-0.4, -0.2) is 5.08 Å². The van der Waals surface area contributed by atoms with Crippen molar-refractivity contribution in [2.45, 2.75) is 0 Å². The molecule has 0 saturated carbocycles. The normalized spacial score (nSPS) is 24.0. The molecule has 0 aliphatic carbocycles. The molecule has 0 nitrogen and oxygen atoms in total. The van der Waals surface area contributed by atoms with Gasteiger partial charge in [-0.05, 0) is 19.7 Å². The van der Waals surface area contributed by atoms with E-state index in [0.717, 1.165) is 0 Å². The lowest BCUT2D eigenvalue weighted by molar-refractivity contribution is 2.30. The molecule has 0 N–H and O–H groups in total. The molecular weight excluding hydrogens is 184 g/mol. The van der Waals surface area contributed by atoms with Crippen molar-refractivity contribution in [2.24, 2.45) is 0 Å². The van der Waals surface area contributed by atoms with Gasteiger partial charge in [0.15, 0.2) is 0 Å². The molecule has 5 heteroatoms. The lowest BCUT2D eigenvalue weighted by atomic mass is 11.9. The average molecular weight is 187 g/mol. The predicted octanol–water partition coefficient (Wildman–Crippen LogP) is 3.49. The topological polar surface area (TPSA) is 0 Å². The molecule has 0 unspecified atom stereocenters. The van der Waals surface area contributed by atoms with Crippen molar-refractivity contribution in [1.82, 2.24) is 0 Å². The van der Waals surface area contributed by atoms with Crippen LogP contribution >= 0.6 is 53.0 Å². The molecule has 0 atom stereocenters. The summed E-state index contributed by atoms with van der Waals surface area (Å²) in [5.74, 6) is 0. The van der Waals surface area contributed by atoms with E-state index >= 15 is 0 Å². The van der Waals surface area contributed by atoms with Crippen molar-refractivity contribution in [1.29, 1.82) is 0 Å². The highest BCUT2D eigenvalue weighted by atomic mass is 33.7. The van der Waals surface area contributed by atoms with Crippen LogP contribution in [0.4, 0.5) is 0 Å². The first-order chi connectivity index (χ1) is 3.50. The van der Waals surface area contributed by atoms with E-state index < -0.39 is 0 Å². The van der Waals surface area contributed by atoms with Crippen LogP contribution in [0.1, 0.15) is 0 Å². The molecular formula is C2H3S5. The minimum Gasteiger partial charge on any atom is -0.133 e. The van der Waals surface area contributed by atoms with Gasteiger partial charge in [0.1, 0.15) is 0 Å². The Morgan fingerprint density at radius 2 is 2.29 bits per heavy atom. The minimum atomic E-state index is 1.20. The van der Waals surface area contributed by atoms with E-state index in [2.05, 4.69) is 5.08 Å². The lowest BCUT2D eigenvalue weighted by Crippen LogP contribution is -1.54. The zero-order valence-corrected chi connectivity index (χ0v) is 7.41. The van der Waals surface area contributed by atoms with Crippen LogP contribution in [0.15, 0.2) is 0 Å². The van der Waals surface area contributed by atoms with Crippen molar-refractivity contribution in [2.75, 3.05) is 5.08 Å². The lowest BCUT2D eigenvalue weighted by Gasteiger charge is -1.83. The summed E-state index contributed by atoms with van der Waals surface area (Å²) in [6.45, 7) is 0. The number of hydrogen-bond donors (Lipinski definition) is 0. The first-order valence-corrected chi connectivity index (χ1v) is 7.65. The Morgan fingerprint density at radius 1 is 1.29 bits per heavy atom. The third kappa shape index (κ3) is 3.35. The maximum absolute atomic E-state index is 2.18. The molecule has 0 aromatic heterocycles. The summed E-state index contributed by atoms with van der Waals surface area (Å²) in [5.41, 5.74) is 0. The molecule has 0 aromatic carbocycles. The maximum atomic E-state index is 2.18. The van der Waals surface area contributed by atoms with E-state index in [1.165, 1.54) is 5.08 Å². The first kappa shape index (κ1) is 6.86. The van der Waals surface area contributed by atoms with Crippen molar-refractivity contribution in [3.8, 4) is 0 Å². The van der Waals surface area contributed by atoms with Gasteiger partial charge in [0.25, 0.3) is 0 Å². The van der Waals surface area contributed by atoms with Gasteiger partial charge in [-0.3, -0.25) is 0 Å². The predicted molar refractivity (Wildman–Crippen MR) is 47.1 cm³/mol. The molecule has 1 radical (unpaired) electrons. The zero-order chi connectivity index (χ0) is 4.95. The highest BCUT2D eigenvalue weighted by molar-refractivity contribution is 9.27. The molecule has 1 heterocycles. The summed E-state index contributed by atoms with van der Waals surface area (Å²) in [6.07, 6.45) is 0. The van der Waals surface area contributed by atoms with Crippen LogP contribution in [0.25, 0.3) is 0 Å². The Bertz CT molecular complexity index is 25.7. The smallest absolute Gasteiger partial charge is 0.0841 e. The van der Waals surface area contributed by atoms with E-state index in [9.17, 15) is 0 Å². The van der Waals surface area contributed by atoms with Crippen LogP contribution in [0.5, 0.6) is 0 Å². The number of rotatable bonds is 0. The molecule has 1 aliphatic heterocycles. The first-order valence-electron chi connectivity index (χ1n) is 1.55. The molecule has 41 valence electrons. The minimum absolute atomic E-state index is 1.20. The second-order valence-corrected chi connectivity index (χ2v) is 8.03. The third-order valence-electron chi connectivity index (χ3n) is 0.339. The fraction of sp³-hybridized carbons (Fsp3) is 0.500. The summed E-state index contributed by atoms with van der Waals surface area (Å²) in [5, 5.41) is 3.38. The van der Waals surface area contributed by atoms with Crippen LogP contribution < -0.4 is 0 Å². The van der Waals surface area contributed by atoms with Crippen LogP contribution in [0, 0.1) is 5.08 Å². The maximum Gasteiger partial charge on any atom is 0.0841 e. The van der Waals surface area contributed by atoms with Gasteiger partial charge in [-0.15, -0.1) is 11.8 Å². The molecule has 7 heavy (non-hydrogen) atoms. The zero-order valence-electron chi connectivity index (χ0n) is 3.33. The van der Waals surface area contributed by atoms with Gasteiger partial charge in [0, 0.05) is 0 Å². The van der Waals surface area contributed by atoms with Crippen molar-refractivity contribution in [3.63, 3.8) is 0 Å². The van der Waals surface area contributed by atoms with Gasteiger partial charge in [-0.2, -0.15) is 0 Å². The highest BCUT2D eigenvalue weighted by Gasteiger charge is 1.98. The van der Waals surface area contributed by atoms with Crippen LogP contribution in [0.3, 0.4) is 0 Å². The number of thioether (sulfide) groups is 1. The van der Waals surface area contributed by atoms with Gasteiger partial charge in [-0.25, -0.2) is 0 Å². The molecule has 1 rings (SSSR count). The third-order valence-corrected chi connectivity index (χ3v) is 8.19. The molecule has 1 fully saturated rings. The standard InChI is InChI=1S/C2H3S5/c1-3-2-5-7-6-4-1/h1H,2H2. The van der Waals surface area contributed by atoms with Crippen molar-refractivity contribution in [3.05, 3.63) is 5.08 Å². The van der Waals surface area contributed by atoms with Crippen molar-refractivity contribution < 1.29 is 0 Å². The Morgan fingerprint density at radius 3 is 3.29 bits per heavy atom. The summed E-state index contributed by atoms with van der Waals surface area (Å²) in [6, 6.07) is 0. The average Bonchev–Trinajstić information content (AvgIpc) is 1.90. The fourth-order valence-electron chi connectivity index (χ4n) is 0.155. The Hall–Kier alpha value is 1.75. The largest absolute Gasteiger partial charge is 0.133 e. The van der Waals surface area contributed by atoms with E-state index in [1.54, 1.807) is 0 Å². The molecule has 1 aliphatic rings. The molecule has 0 aromatic rings. The summed E-state index contributed by atoms with van der Waals surface area (Å²) in [4.78, 5) is 0. The highest BCUT2D eigenvalue weighted by Crippen LogP contribution is 2.50. The van der Waals surface area contributed by atoms with Gasteiger partial charge < -0.3 is 0 Å². The van der Waals surface area contributed by atoms with Gasteiger partial charge in [-0.1, -0.05) is 21.6 Å². The monoisotopic (exact) mass is 187 g/mol. The quantitative estimate of drug-likeness (QED) is 0.531. The SMILES string of the molecule is [CH]1SCSSSS1. The summed E-state index contributed by atoms with van der Waals surface area (Å²) < 4.78 is 0. The Balaban J connectivity index is 2.04. The molecule has 0 bridgehead atoms. The molecule has 0 amide bonds. The van der Waals surface area contributed by atoms with Crippen LogP contribution in [-0.2, 0) is 0 Å². The number of hydrogen-bond acceptors (Lipinski definition) is 5. The van der Waals surface area contributed by atoms with E-state index in [1.807, 2.05) is 53.0 Å². The van der Waals surface area contributed by atoms with E-state index in [-0.39, 0.29) is 0 Å². The fourth-order valence-corrected chi connectivity index (χ4v) is 8.03. The van der Waals surface area contributed by atoms with Gasteiger partial charge >= 0.3 is 0 Å². The van der Waals surface area contributed by atoms with Gasteiger partial charge in [0.2, 0.25) is 0 Å². The summed E-state index contributed by atoms with van der Waals surface area (Å²) in [7, 11) is 7.41. The van der Waals surface area contributed by atoms with E-state index in [0.29, 0.717) is 0 Å². The second kappa shape index (κ2) is 4.61. The van der Waals surface area contributed by atoms with Crippen LogP contribution in [0.2, 0.25) is 0 Å². The molecule has 1 saturated heterocycles. The second-order valence-electron chi connectivity index (χ2n) is 0.731. The van der Waals surface area contributed by atoms with E-state index in [4.69, 9.17) is 0 Å². The Kier molecular flexibility index (Phi) is 4.52.